The zero-order chi connectivity index (χ0) is 21.2. The van der Waals surface area contributed by atoms with Crippen LogP contribution in [-0.4, -0.2) is 42.5 Å². The molecular weight excluding hydrogens is 407 g/mol. The molecule has 0 spiro atoms. The maximum atomic E-state index is 13.7. The lowest BCUT2D eigenvalue weighted by Gasteiger charge is -2.33. The van der Waals surface area contributed by atoms with E-state index in [4.69, 9.17) is 11.6 Å². The highest BCUT2D eigenvalue weighted by atomic mass is 35.5. The van der Waals surface area contributed by atoms with Crippen LogP contribution >= 0.6 is 11.6 Å². The summed E-state index contributed by atoms with van der Waals surface area (Å²) >= 11 is 5.85. The van der Waals surface area contributed by atoms with Gasteiger partial charge in [-0.05, 0) is 36.9 Å². The van der Waals surface area contributed by atoms with Crippen molar-refractivity contribution >= 4 is 34.8 Å². The number of rotatable bonds is 4. The predicted molar refractivity (Wildman–Crippen MR) is 105 cm³/mol. The van der Waals surface area contributed by atoms with Crippen molar-refractivity contribution in [3.05, 3.63) is 59.1 Å². The third-order valence-corrected chi connectivity index (χ3v) is 4.80. The number of alkyl halides is 3. The van der Waals surface area contributed by atoms with E-state index in [1.165, 1.54) is 18.2 Å². The van der Waals surface area contributed by atoms with E-state index < -0.39 is 30.5 Å². The molecule has 1 aliphatic rings. The van der Waals surface area contributed by atoms with Gasteiger partial charge in [-0.2, -0.15) is 13.2 Å². The van der Waals surface area contributed by atoms with Crippen LogP contribution in [0.25, 0.3) is 0 Å². The van der Waals surface area contributed by atoms with E-state index in [0.29, 0.717) is 16.5 Å². The number of halogens is 4. The van der Waals surface area contributed by atoms with Crippen LogP contribution in [0.3, 0.4) is 0 Å². The van der Waals surface area contributed by atoms with Crippen molar-refractivity contribution in [2.75, 3.05) is 23.8 Å². The lowest BCUT2D eigenvalue weighted by Crippen LogP contribution is -2.52. The Morgan fingerprint density at radius 2 is 1.86 bits per heavy atom. The summed E-state index contributed by atoms with van der Waals surface area (Å²) in [6.07, 6.45) is -5.61. The molecule has 0 aromatic heterocycles. The Balaban J connectivity index is 1.86. The van der Waals surface area contributed by atoms with Crippen molar-refractivity contribution in [2.24, 2.45) is 0 Å². The fourth-order valence-electron chi connectivity index (χ4n) is 3.26. The number of nitrogens with one attached hydrogen (secondary N) is 1. The Kier molecular flexibility index (Phi) is 6.14. The minimum atomic E-state index is -4.75. The Hall–Kier alpha value is -2.58. The number of likely N-dealkylation sites (N-methyl/N-ethyl adjacent to an activating group) is 1. The molecule has 0 saturated carbocycles. The molecule has 154 valence electrons. The second kappa shape index (κ2) is 8.42. The van der Waals surface area contributed by atoms with Crippen LogP contribution in [0.5, 0.6) is 0 Å². The fraction of sp³-hybridized carbons (Fsp3) is 0.300. The third kappa shape index (κ3) is 5.07. The van der Waals surface area contributed by atoms with Crippen LogP contribution in [0, 0.1) is 0 Å². The van der Waals surface area contributed by atoms with Crippen molar-refractivity contribution in [3.63, 3.8) is 0 Å². The molecule has 2 aromatic carbocycles. The molecule has 29 heavy (non-hydrogen) atoms. The lowest BCUT2D eigenvalue weighted by atomic mass is 10.1. The Morgan fingerprint density at radius 1 is 1.21 bits per heavy atom. The summed E-state index contributed by atoms with van der Waals surface area (Å²) in [5.74, 6) is -1.53. The highest BCUT2D eigenvalue weighted by Gasteiger charge is 2.49. The largest absolute Gasteiger partial charge is 0.409 e. The van der Waals surface area contributed by atoms with E-state index in [-0.39, 0.29) is 17.9 Å². The number of nitrogens with zero attached hydrogens (tertiary/aromatic N) is 2. The standard InChI is InChI=1S/C20H19ClF3N3O2/c1-26(11-13-6-8-14(21)9-7-13)12-19(29)27-16-5-3-2-4-15(16)25-18(28)10-17(27)20(22,23)24/h2-9,17H,10-12H2,1H3,(H,25,28)/t17-/m0/s1. The topological polar surface area (TPSA) is 52.7 Å². The molecular formula is C20H19ClF3N3O2. The number of fused-ring (bicyclic) bond motifs is 1. The molecule has 2 amide bonds. The number of hydrogen-bond donors (Lipinski definition) is 1. The van der Waals surface area contributed by atoms with Crippen molar-refractivity contribution in [3.8, 4) is 0 Å². The molecule has 0 fully saturated rings. The van der Waals surface area contributed by atoms with Gasteiger partial charge in [0.1, 0.15) is 6.04 Å². The van der Waals surface area contributed by atoms with Crippen LogP contribution in [0.1, 0.15) is 12.0 Å². The Bertz CT molecular complexity index is 903. The predicted octanol–water partition coefficient (Wildman–Crippen LogP) is 4.08. The van der Waals surface area contributed by atoms with Crippen LogP contribution < -0.4 is 10.2 Å². The van der Waals surface area contributed by atoms with Gasteiger partial charge >= 0.3 is 6.18 Å². The zero-order valence-corrected chi connectivity index (χ0v) is 16.3. The summed E-state index contributed by atoms with van der Waals surface area (Å²) in [5.41, 5.74) is 1.08. The smallest absolute Gasteiger partial charge is 0.324 e. The maximum absolute atomic E-state index is 13.7. The molecule has 0 bridgehead atoms. The number of para-hydroxylation sites is 2. The first-order valence-electron chi connectivity index (χ1n) is 8.86. The quantitative estimate of drug-likeness (QED) is 0.803. The minimum Gasteiger partial charge on any atom is -0.324 e. The summed E-state index contributed by atoms with van der Waals surface area (Å²) in [4.78, 5) is 27.2. The zero-order valence-electron chi connectivity index (χ0n) is 15.5. The number of benzene rings is 2. The normalized spacial score (nSPS) is 17.0. The first-order chi connectivity index (χ1) is 13.6. The molecule has 1 aliphatic heterocycles. The second-order valence-electron chi connectivity index (χ2n) is 6.89. The van der Waals surface area contributed by atoms with E-state index >= 15 is 0 Å². The number of carbonyl (C=O) groups is 2. The Labute approximate surface area is 171 Å². The summed E-state index contributed by atoms with van der Waals surface area (Å²) < 4.78 is 41.2. The number of carbonyl (C=O) groups excluding carboxylic acids is 2. The van der Waals surface area contributed by atoms with Gasteiger partial charge in [0.25, 0.3) is 0 Å². The third-order valence-electron chi connectivity index (χ3n) is 4.55. The van der Waals surface area contributed by atoms with Crippen LogP contribution in [-0.2, 0) is 16.1 Å². The average Bonchev–Trinajstić information content (AvgIpc) is 2.79. The molecule has 1 N–H and O–H groups in total. The van der Waals surface area contributed by atoms with Gasteiger partial charge in [0.15, 0.2) is 0 Å². The molecule has 0 saturated heterocycles. The maximum Gasteiger partial charge on any atom is 0.409 e. The van der Waals surface area contributed by atoms with E-state index in [9.17, 15) is 22.8 Å². The molecule has 1 heterocycles. The van der Waals surface area contributed by atoms with E-state index in [2.05, 4.69) is 5.32 Å². The monoisotopic (exact) mass is 425 g/mol. The van der Waals surface area contributed by atoms with Crippen molar-refractivity contribution < 1.29 is 22.8 Å². The van der Waals surface area contributed by atoms with Gasteiger partial charge in [-0.3, -0.25) is 19.4 Å². The molecule has 5 nitrogen and oxygen atoms in total. The number of amides is 2. The summed E-state index contributed by atoms with van der Waals surface area (Å²) in [5, 5.41) is 3.02. The van der Waals surface area contributed by atoms with Crippen molar-refractivity contribution in [1.82, 2.24) is 4.90 Å². The summed E-state index contributed by atoms with van der Waals surface area (Å²) in [7, 11) is 1.64. The summed E-state index contributed by atoms with van der Waals surface area (Å²) in [6.45, 7) is 0.101. The fourth-order valence-corrected chi connectivity index (χ4v) is 3.39. The molecule has 1 atom stereocenters. The van der Waals surface area contributed by atoms with Crippen molar-refractivity contribution in [1.29, 1.82) is 0 Å². The molecule has 0 aliphatic carbocycles. The average molecular weight is 426 g/mol. The number of hydrogen-bond acceptors (Lipinski definition) is 3. The molecule has 3 rings (SSSR count). The van der Waals surface area contributed by atoms with Crippen molar-refractivity contribution in [2.45, 2.75) is 25.2 Å². The Morgan fingerprint density at radius 3 is 2.52 bits per heavy atom. The molecule has 0 unspecified atom stereocenters. The van der Waals surface area contributed by atoms with Crippen LogP contribution in [0.4, 0.5) is 24.5 Å². The first-order valence-corrected chi connectivity index (χ1v) is 9.23. The van der Waals surface area contributed by atoms with E-state index in [1.54, 1.807) is 42.3 Å². The van der Waals surface area contributed by atoms with Gasteiger partial charge in [0, 0.05) is 11.6 Å². The van der Waals surface area contributed by atoms with Crippen LogP contribution in [0.15, 0.2) is 48.5 Å². The van der Waals surface area contributed by atoms with Gasteiger partial charge in [-0.1, -0.05) is 35.9 Å². The lowest BCUT2D eigenvalue weighted by molar-refractivity contribution is -0.158. The summed E-state index contributed by atoms with van der Waals surface area (Å²) in [6, 6.07) is 10.7. The van der Waals surface area contributed by atoms with E-state index in [0.717, 1.165) is 5.56 Å². The van der Waals surface area contributed by atoms with Gasteiger partial charge in [0.2, 0.25) is 11.8 Å². The van der Waals surface area contributed by atoms with E-state index in [1.807, 2.05) is 0 Å². The highest BCUT2D eigenvalue weighted by molar-refractivity contribution is 6.30. The first kappa shape index (κ1) is 21.1. The molecule has 2 aromatic rings. The SMILES string of the molecule is CN(CC(=O)N1c2ccccc2NC(=O)C[C@H]1C(F)(F)F)Cc1ccc(Cl)cc1. The highest BCUT2D eigenvalue weighted by Crippen LogP contribution is 2.37. The van der Waals surface area contributed by atoms with Gasteiger partial charge in [0.05, 0.1) is 24.3 Å². The second-order valence-corrected chi connectivity index (χ2v) is 7.33. The van der Waals surface area contributed by atoms with Gasteiger partial charge < -0.3 is 5.32 Å². The van der Waals surface area contributed by atoms with Gasteiger partial charge in [-0.15, -0.1) is 0 Å². The number of anilines is 2. The van der Waals surface area contributed by atoms with Crippen LogP contribution in [0.2, 0.25) is 5.02 Å². The molecule has 0 radical (unpaired) electrons. The minimum absolute atomic E-state index is 0.0329. The molecule has 9 heteroatoms. The van der Waals surface area contributed by atoms with Gasteiger partial charge in [-0.25, -0.2) is 0 Å².